The summed E-state index contributed by atoms with van der Waals surface area (Å²) in [6, 6.07) is 52.1. The van der Waals surface area contributed by atoms with Crippen molar-refractivity contribution < 1.29 is 73.3 Å². The number of hydrogen-bond acceptors (Lipinski definition) is 0. The molecule has 0 radical (unpaired) electrons. The molecule has 0 saturated carbocycles. The normalized spacial score (nSPS) is 11.2. The molecule has 0 aliphatic rings. The molecule has 8 rings (SSSR count). The zero-order valence-electron chi connectivity index (χ0n) is 40.6. The number of benzene rings is 4. The first-order valence-corrected chi connectivity index (χ1v) is 23.9. The van der Waals surface area contributed by atoms with Crippen LogP contribution in [0.25, 0.3) is 43.1 Å². The fourth-order valence-corrected chi connectivity index (χ4v) is 7.22. The Labute approximate surface area is 419 Å². The van der Waals surface area contributed by atoms with Crippen molar-refractivity contribution in [2.45, 2.75) is 132 Å². The summed E-state index contributed by atoms with van der Waals surface area (Å²) < 4.78 is 3.01. The molecule has 62 heavy (non-hydrogen) atoms. The Hall–Kier alpha value is -2.59. The van der Waals surface area contributed by atoms with Gasteiger partial charge in [-0.1, -0.05) is 129 Å². The standard InChI is InChI=1S/4C13H15.2C3H6.2ClH.2Zr/c4*1-13(2,3)12-9-8-10-6-4-5-7-11(10)12;2*1-3-2;;;;/h4*4-9H,1-3H3;2*1-2H3;2*1H;;/q4*-1;;;;;2*+2/p-2. The van der Waals surface area contributed by atoms with E-state index in [2.05, 4.69) is 256 Å². The maximum Gasteiger partial charge on any atom is -1.00 e. The number of hydrogen-bond donors (Lipinski definition) is 0. The van der Waals surface area contributed by atoms with Gasteiger partial charge in [-0.3, -0.25) is 0 Å². The van der Waals surface area contributed by atoms with Gasteiger partial charge in [0.25, 0.3) is 0 Å². The minimum absolute atomic E-state index is 0. The van der Waals surface area contributed by atoms with Gasteiger partial charge in [-0.15, -0.1) is 187 Å². The number of halogens is 2. The molecule has 0 amide bonds. The third-order valence-electron chi connectivity index (χ3n) is 9.95. The second-order valence-corrected chi connectivity index (χ2v) is 25.3. The van der Waals surface area contributed by atoms with E-state index >= 15 is 0 Å². The summed E-state index contributed by atoms with van der Waals surface area (Å²) in [5, 5.41) is 11.0. The van der Waals surface area contributed by atoms with E-state index in [9.17, 15) is 0 Å². The van der Waals surface area contributed by atoms with Crippen LogP contribution in [0, 0.1) is 0 Å². The van der Waals surface area contributed by atoms with Crippen LogP contribution >= 0.6 is 0 Å². The smallest absolute Gasteiger partial charge is 1.00 e. The zero-order valence-corrected chi connectivity index (χ0v) is 47.0. The van der Waals surface area contributed by atoms with Crippen LogP contribution in [-0.2, 0) is 70.1 Å². The van der Waals surface area contributed by atoms with E-state index in [1.807, 2.05) is 0 Å². The van der Waals surface area contributed by atoms with Gasteiger partial charge in [-0.25, -0.2) is 0 Å². The summed E-state index contributed by atoms with van der Waals surface area (Å²) >= 11 is 3.11. The van der Waals surface area contributed by atoms with E-state index in [-0.39, 0.29) is 46.5 Å². The first kappa shape index (κ1) is 57.4. The molecule has 0 bridgehead atoms. The molecule has 0 heterocycles. The molecule has 0 nitrogen and oxygen atoms in total. The van der Waals surface area contributed by atoms with E-state index in [0.717, 1.165) is 0 Å². The molecule has 0 aliphatic heterocycles. The van der Waals surface area contributed by atoms with Crippen molar-refractivity contribution in [1.82, 2.24) is 0 Å². The topological polar surface area (TPSA) is 0 Å². The summed E-state index contributed by atoms with van der Waals surface area (Å²) in [5.74, 6) is 0. The van der Waals surface area contributed by atoms with Crippen molar-refractivity contribution in [2.24, 2.45) is 0 Å². The van der Waals surface area contributed by atoms with Crippen LogP contribution < -0.4 is 24.8 Å². The average molecular weight is 1020 g/mol. The number of fused-ring (bicyclic) bond motifs is 4. The summed E-state index contributed by atoms with van der Waals surface area (Å²) in [4.78, 5) is 0. The predicted octanol–water partition coefficient (Wildman–Crippen LogP) is 10.9. The van der Waals surface area contributed by atoms with E-state index in [1.54, 1.807) is 48.5 Å². The fourth-order valence-electron chi connectivity index (χ4n) is 7.22. The van der Waals surface area contributed by atoms with E-state index in [1.165, 1.54) is 71.8 Å². The van der Waals surface area contributed by atoms with Crippen molar-refractivity contribution in [3.63, 3.8) is 0 Å². The maximum absolute atomic E-state index is 2.26. The third kappa shape index (κ3) is 17.8. The van der Waals surface area contributed by atoms with Gasteiger partial charge < -0.3 is 24.8 Å². The molecule has 0 saturated heterocycles. The molecule has 0 spiro atoms. The van der Waals surface area contributed by atoms with Gasteiger partial charge in [-0.2, -0.15) is 0 Å². The van der Waals surface area contributed by atoms with Crippen molar-refractivity contribution in [3.05, 3.63) is 168 Å². The quantitative estimate of drug-likeness (QED) is 0.133. The molecule has 8 aromatic rings. The summed E-state index contributed by atoms with van der Waals surface area (Å²) in [6.07, 6.45) is 0. The van der Waals surface area contributed by atoms with Gasteiger partial charge in [0, 0.05) is 0 Å². The van der Waals surface area contributed by atoms with Crippen LogP contribution in [0.15, 0.2) is 146 Å². The third-order valence-corrected chi connectivity index (χ3v) is 9.95. The van der Waals surface area contributed by atoms with Crippen LogP contribution in [0.3, 0.4) is 0 Å². The molecule has 328 valence electrons. The van der Waals surface area contributed by atoms with Gasteiger partial charge in [0.15, 0.2) is 0 Å². The van der Waals surface area contributed by atoms with E-state index in [4.69, 9.17) is 0 Å². The molecule has 0 unspecified atom stereocenters. The monoisotopic (exact) mass is 1020 g/mol. The molecule has 8 aromatic carbocycles. The summed E-state index contributed by atoms with van der Waals surface area (Å²) in [5.41, 5.74) is 6.80. The molecule has 4 heteroatoms. The van der Waals surface area contributed by atoms with Crippen LogP contribution in [0.5, 0.6) is 0 Å². The van der Waals surface area contributed by atoms with Gasteiger partial charge >= 0.3 is 82.6 Å². The van der Waals surface area contributed by atoms with Crippen LogP contribution in [0.1, 0.15) is 133 Å². The SMILES string of the molecule is CC(C)(C)c1c[cH-]c2ccccc12.CC(C)(C)c1c[cH-]c2ccccc12.CC(C)(C)c1c[cH-]c2ccccc12.CC(C)(C)c1c[cH-]c2ccccc12.C[C](C)=[Zr+2].C[C](C)=[Zr+2].[Cl-].[Cl-]. The summed E-state index contributed by atoms with van der Waals surface area (Å²) in [6.45, 7) is 35.6. The molecular weight excluding hydrogens is 950 g/mol. The minimum Gasteiger partial charge on any atom is -1.00 e. The van der Waals surface area contributed by atoms with Gasteiger partial charge in [-0.05, 0) is 0 Å². The maximum atomic E-state index is 2.26. The van der Waals surface area contributed by atoms with Crippen molar-refractivity contribution in [2.75, 3.05) is 0 Å². The molecule has 0 fully saturated rings. The van der Waals surface area contributed by atoms with Gasteiger partial charge in [0.1, 0.15) is 0 Å². The summed E-state index contributed by atoms with van der Waals surface area (Å²) in [7, 11) is 0. The predicted molar refractivity (Wildman–Crippen MR) is 266 cm³/mol. The van der Waals surface area contributed by atoms with E-state index in [0.29, 0.717) is 0 Å². The second kappa shape index (κ2) is 25.2. The van der Waals surface area contributed by atoms with Crippen molar-refractivity contribution in [1.29, 1.82) is 0 Å². The number of rotatable bonds is 0. The minimum atomic E-state index is 0. The Kier molecular flexibility index (Phi) is 23.3. The second-order valence-electron chi connectivity index (χ2n) is 20.3. The first-order chi connectivity index (χ1) is 27.8. The molecular formula is C58H72Cl2Zr2-2. The van der Waals surface area contributed by atoms with Crippen LogP contribution in [0.2, 0.25) is 0 Å². The largest absolute Gasteiger partial charge is 1.00 e. The van der Waals surface area contributed by atoms with Gasteiger partial charge in [0.2, 0.25) is 0 Å². The Morgan fingerprint density at radius 1 is 0.323 bits per heavy atom. The first-order valence-electron chi connectivity index (χ1n) is 21.5. The van der Waals surface area contributed by atoms with Crippen molar-refractivity contribution in [3.8, 4) is 0 Å². The average Bonchev–Trinajstić information content (AvgIpc) is 3.95. The Morgan fingerprint density at radius 3 is 0.613 bits per heavy atom. The Bertz CT molecular complexity index is 2200. The zero-order chi connectivity index (χ0) is 45.1. The van der Waals surface area contributed by atoms with Crippen LogP contribution in [-0.4, -0.2) is 6.41 Å². The molecule has 0 N–H and O–H groups in total. The van der Waals surface area contributed by atoms with Crippen LogP contribution in [0.4, 0.5) is 0 Å². The Morgan fingerprint density at radius 2 is 0.468 bits per heavy atom. The van der Waals surface area contributed by atoms with Crippen molar-refractivity contribution >= 4 is 49.5 Å². The fraction of sp³-hybridized carbons (Fsp3) is 0.345. The molecule has 0 aromatic heterocycles. The molecule has 0 atom stereocenters. The molecule has 0 aliphatic carbocycles. The van der Waals surface area contributed by atoms with E-state index < -0.39 is 0 Å². The van der Waals surface area contributed by atoms with Gasteiger partial charge in [0.05, 0.1) is 0 Å². The Balaban J connectivity index is 0.000000386.